The van der Waals surface area contributed by atoms with Crippen LogP contribution in [-0.4, -0.2) is 27.4 Å². The minimum absolute atomic E-state index is 0.0710. The molecule has 1 aliphatic carbocycles. The quantitative estimate of drug-likeness (QED) is 0.776. The molecule has 0 radical (unpaired) electrons. The number of amides is 1. The molecule has 0 bridgehead atoms. The monoisotopic (exact) mass is 318 g/mol. The van der Waals surface area contributed by atoms with Crippen LogP contribution in [-0.2, 0) is 17.6 Å². The van der Waals surface area contributed by atoms with Gasteiger partial charge in [0.25, 0.3) is 0 Å². The molecule has 1 amide bonds. The second-order valence-electron chi connectivity index (χ2n) is 5.12. The summed E-state index contributed by atoms with van der Waals surface area (Å²) in [6, 6.07) is 0. The smallest absolute Gasteiger partial charge is 0.227 e. The zero-order chi connectivity index (χ0) is 15.4. The highest BCUT2D eigenvalue weighted by Gasteiger charge is 2.17. The van der Waals surface area contributed by atoms with Crippen molar-refractivity contribution >= 4 is 34.1 Å². The maximum atomic E-state index is 11.8. The number of nitrogens with zero attached hydrogens (tertiary/aromatic N) is 3. The van der Waals surface area contributed by atoms with Crippen LogP contribution in [0.3, 0.4) is 0 Å². The first-order valence-electron chi connectivity index (χ1n) is 7.31. The number of nitrogens with one attached hydrogen (secondary N) is 2. The summed E-state index contributed by atoms with van der Waals surface area (Å²) < 4.78 is 0. The summed E-state index contributed by atoms with van der Waals surface area (Å²) in [6.07, 6.45) is 6.19. The zero-order valence-electron chi connectivity index (χ0n) is 12.1. The minimum Gasteiger partial charge on any atom is -0.369 e. The van der Waals surface area contributed by atoms with Gasteiger partial charge in [0.15, 0.2) is 5.13 Å². The van der Waals surface area contributed by atoms with Crippen LogP contribution in [0.1, 0.15) is 30.5 Å². The fourth-order valence-corrected chi connectivity index (χ4v) is 3.07. The highest BCUT2D eigenvalue weighted by molar-refractivity contribution is 7.13. The van der Waals surface area contributed by atoms with Crippen molar-refractivity contribution in [3.63, 3.8) is 0 Å². The molecule has 0 aliphatic heterocycles. The molecule has 0 fully saturated rings. The Bertz CT molecular complexity index is 658. The Hall–Kier alpha value is -2.22. The second kappa shape index (κ2) is 6.69. The number of thiazole rings is 1. The molecular weight excluding hydrogens is 300 g/mol. The Kier molecular flexibility index (Phi) is 4.47. The third-order valence-corrected chi connectivity index (χ3v) is 4.21. The maximum Gasteiger partial charge on any atom is 0.227 e. The summed E-state index contributed by atoms with van der Waals surface area (Å²) in [5.74, 6) is 0.984. The maximum absolute atomic E-state index is 11.8. The first-order chi connectivity index (χ1) is 10.7. The first-order valence-corrected chi connectivity index (χ1v) is 8.19. The Morgan fingerprint density at radius 2 is 2.18 bits per heavy atom. The number of anilines is 3. The van der Waals surface area contributed by atoms with E-state index in [1.807, 2.05) is 5.38 Å². The second-order valence-corrected chi connectivity index (χ2v) is 6.02. The molecular formula is C14H18N6OS. The van der Waals surface area contributed by atoms with Gasteiger partial charge < -0.3 is 16.4 Å². The van der Waals surface area contributed by atoms with Crippen LogP contribution in [0.4, 0.5) is 16.9 Å². The average Bonchev–Trinajstić information content (AvgIpc) is 3.00. The predicted octanol–water partition coefficient (Wildman–Crippen LogP) is 1.83. The normalized spacial score (nSPS) is 13.5. The molecule has 0 saturated heterocycles. The molecule has 0 spiro atoms. The van der Waals surface area contributed by atoms with Crippen LogP contribution in [0.15, 0.2) is 11.6 Å². The molecule has 1 aliphatic rings. The largest absolute Gasteiger partial charge is 0.369 e. The minimum atomic E-state index is -0.0710. The highest BCUT2D eigenvalue weighted by Crippen LogP contribution is 2.25. The van der Waals surface area contributed by atoms with E-state index in [-0.39, 0.29) is 11.9 Å². The third kappa shape index (κ3) is 3.51. The fraction of sp³-hybridized carbons (Fsp3) is 0.429. The number of rotatable bonds is 5. The molecule has 0 unspecified atom stereocenters. The number of fused-ring (bicyclic) bond motifs is 1. The van der Waals surface area contributed by atoms with E-state index in [4.69, 9.17) is 5.73 Å². The molecule has 2 aromatic heterocycles. The van der Waals surface area contributed by atoms with Crippen molar-refractivity contribution in [2.24, 2.45) is 0 Å². The molecule has 0 aromatic carbocycles. The number of hydrogen-bond acceptors (Lipinski definition) is 7. The van der Waals surface area contributed by atoms with E-state index in [9.17, 15) is 4.79 Å². The molecule has 7 nitrogen and oxygen atoms in total. The van der Waals surface area contributed by atoms with E-state index >= 15 is 0 Å². The van der Waals surface area contributed by atoms with Crippen molar-refractivity contribution in [3.8, 4) is 0 Å². The Morgan fingerprint density at radius 1 is 1.32 bits per heavy atom. The van der Waals surface area contributed by atoms with Crippen molar-refractivity contribution in [2.45, 2.75) is 32.1 Å². The summed E-state index contributed by atoms with van der Waals surface area (Å²) in [7, 11) is 0. The van der Waals surface area contributed by atoms with Crippen LogP contribution < -0.4 is 16.4 Å². The van der Waals surface area contributed by atoms with Gasteiger partial charge in [-0.2, -0.15) is 4.98 Å². The molecule has 0 saturated carbocycles. The van der Waals surface area contributed by atoms with Gasteiger partial charge in [-0.05, 0) is 25.7 Å². The number of hydrogen-bond donors (Lipinski definition) is 3. The number of aryl methyl sites for hydroxylation is 1. The molecule has 116 valence electrons. The van der Waals surface area contributed by atoms with E-state index < -0.39 is 0 Å². The summed E-state index contributed by atoms with van der Waals surface area (Å²) in [4.78, 5) is 24.4. The van der Waals surface area contributed by atoms with Crippen LogP contribution in [0.2, 0.25) is 0 Å². The standard InChI is InChI=1S/C14H18N6OS/c15-13-18-10-4-2-1-3-9(10)12(20-13)16-6-5-11(21)19-14-17-7-8-22-14/h7-8H,1-6H2,(H,17,19,21)(H3,15,16,18,20). The van der Waals surface area contributed by atoms with Gasteiger partial charge in [-0.1, -0.05) is 0 Å². The van der Waals surface area contributed by atoms with E-state index in [0.29, 0.717) is 18.1 Å². The van der Waals surface area contributed by atoms with Crippen molar-refractivity contribution in [3.05, 3.63) is 22.8 Å². The third-order valence-electron chi connectivity index (χ3n) is 3.52. The highest BCUT2D eigenvalue weighted by atomic mass is 32.1. The van der Waals surface area contributed by atoms with Gasteiger partial charge in [0.2, 0.25) is 11.9 Å². The Balaban J connectivity index is 1.57. The summed E-state index contributed by atoms with van der Waals surface area (Å²) in [5.41, 5.74) is 7.93. The van der Waals surface area contributed by atoms with Crippen LogP contribution in [0.25, 0.3) is 0 Å². The van der Waals surface area contributed by atoms with Gasteiger partial charge >= 0.3 is 0 Å². The van der Waals surface area contributed by atoms with Crippen LogP contribution >= 0.6 is 11.3 Å². The van der Waals surface area contributed by atoms with Crippen molar-refractivity contribution in [2.75, 3.05) is 22.9 Å². The van der Waals surface area contributed by atoms with Crippen molar-refractivity contribution < 1.29 is 4.79 Å². The van der Waals surface area contributed by atoms with Gasteiger partial charge in [-0.25, -0.2) is 9.97 Å². The SMILES string of the molecule is Nc1nc2c(c(NCCC(=O)Nc3nccs3)n1)CCCC2. The number of carbonyl (C=O) groups is 1. The van der Waals surface area contributed by atoms with Gasteiger partial charge in [0.1, 0.15) is 5.82 Å². The van der Waals surface area contributed by atoms with Crippen molar-refractivity contribution in [1.82, 2.24) is 15.0 Å². The fourth-order valence-electron chi connectivity index (χ4n) is 2.52. The lowest BCUT2D eigenvalue weighted by Gasteiger charge is -2.18. The first kappa shape index (κ1) is 14.7. The summed E-state index contributed by atoms with van der Waals surface area (Å²) in [6.45, 7) is 0.500. The van der Waals surface area contributed by atoms with Crippen molar-refractivity contribution in [1.29, 1.82) is 0 Å². The van der Waals surface area contributed by atoms with E-state index in [1.54, 1.807) is 6.20 Å². The number of carbonyl (C=O) groups excluding carboxylic acids is 1. The van der Waals surface area contributed by atoms with E-state index in [2.05, 4.69) is 25.6 Å². The van der Waals surface area contributed by atoms with Gasteiger partial charge in [0, 0.05) is 30.1 Å². The molecule has 2 aromatic rings. The lowest BCUT2D eigenvalue weighted by molar-refractivity contribution is -0.115. The van der Waals surface area contributed by atoms with E-state index in [1.165, 1.54) is 11.3 Å². The lowest BCUT2D eigenvalue weighted by atomic mass is 9.96. The molecule has 2 heterocycles. The molecule has 0 atom stereocenters. The summed E-state index contributed by atoms with van der Waals surface area (Å²) in [5, 5.41) is 8.41. The van der Waals surface area contributed by atoms with E-state index in [0.717, 1.165) is 42.8 Å². The molecule has 4 N–H and O–H groups in total. The van der Waals surface area contributed by atoms with Gasteiger partial charge in [0.05, 0.1) is 5.69 Å². The molecule has 3 rings (SSSR count). The van der Waals surface area contributed by atoms with Gasteiger partial charge in [-0.15, -0.1) is 11.3 Å². The average molecular weight is 318 g/mol. The topological polar surface area (TPSA) is 106 Å². The summed E-state index contributed by atoms with van der Waals surface area (Å²) >= 11 is 1.40. The number of nitrogens with two attached hydrogens (primary N) is 1. The zero-order valence-corrected chi connectivity index (χ0v) is 12.9. The Labute approximate surface area is 132 Å². The Morgan fingerprint density at radius 3 is 3.00 bits per heavy atom. The number of nitrogen functional groups attached to an aromatic ring is 1. The van der Waals surface area contributed by atoms with Crippen LogP contribution in [0, 0.1) is 0 Å². The van der Waals surface area contributed by atoms with Crippen LogP contribution in [0.5, 0.6) is 0 Å². The molecule has 22 heavy (non-hydrogen) atoms. The van der Waals surface area contributed by atoms with Gasteiger partial charge in [-0.3, -0.25) is 4.79 Å². The predicted molar refractivity (Wildman–Crippen MR) is 86.9 cm³/mol. The molecule has 8 heteroatoms. The number of aromatic nitrogens is 3. The lowest BCUT2D eigenvalue weighted by Crippen LogP contribution is -2.19.